The maximum atomic E-state index is 12.5. The van der Waals surface area contributed by atoms with Crippen molar-refractivity contribution in [2.45, 2.75) is 39.4 Å². The Kier molecular flexibility index (Phi) is 4.02. The number of Topliss-reactive ketones (excluding diaryl/α,β-unsaturated/α-hetero) is 1. The number of hydrogen-bond acceptors (Lipinski definition) is 4. The van der Waals surface area contributed by atoms with Crippen LogP contribution in [0.3, 0.4) is 0 Å². The van der Waals surface area contributed by atoms with Gasteiger partial charge in [-0.25, -0.2) is 5.01 Å². The Morgan fingerprint density at radius 3 is 2.37 bits per heavy atom. The normalized spacial score (nSPS) is 17.5. The number of nitrogens with one attached hydrogen (secondary N) is 1. The van der Waals surface area contributed by atoms with Gasteiger partial charge >= 0.3 is 0 Å². The summed E-state index contributed by atoms with van der Waals surface area (Å²) in [6, 6.07) is 18.2. The van der Waals surface area contributed by atoms with Crippen LogP contribution in [0.4, 0.5) is 5.69 Å². The number of ketones is 1. The number of fused-ring (bicyclic) bond motifs is 1. The van der Waals surface area contributed by atoms with Gasteiger partial charge in [-0.1, -0.05) is 36.4 Å². The minimum Gasteiger partial charge on any atom is -0.361 e. The molecule has 1 N–H and O–H groups in total. The van der Waals surface area contributed by atoms with Crippen molar-refractivity contribution in [3.63, 3.8) is 0 Å². The summed E-state index contributed by atoms with van der Waals surface area (Å²) in [6.07, 6.45) is 1.82. The van der Waals surface area contributed by atoms with Crippen molar-refractivity contribution in [2.75, 3.05) is 5.01 Å². The average Bonchev–Trinajstić information content (AvgIpc) is 3.23. The Morgan fingerprint density at radius 2 is 1.70 bits per heavy atom. The van der Waals surface area contributed by atoms with Crippen LogP contribution in [-0.4, -0.2) is 27.0 Å². The number of hydrazone groups is 1. The average molecular weight is 360 g/mol. The Labute approximate surface area is 159 Å². The summed E-state index contributed by atoms with van der Waals surface area (Å²) in [7, 11) is 0. The summed E-state index contributed by atoms with van der Waals surface area (Å²) in [4.78, 5) is 17.9. The lowest BCUT2D eigenvalue weighted by Crippen LogP contribution is -2.49. The van der Waals surface area contributed by atoms with Crippen LogP contribution in [0.5, 0.6) is 0 Å². The molecule has 5 nitrogen and oxygen atoms in total. The molecule has 1 aromatic heterocycles. The highest BCUT2D eigenvalue weighted by Gasteiger charge is 2.44. The van der Waals surface area contributed by atoms with Crippen LogP contribution in [0.2, 0.25) is 0 Å². The number of carbonyl (C=O) groups is 1. The molecular weight excluding hydrogens is 336 g/mol. The predicted molar refractivity (Wildman–Crippen MR) is 110 cm³/mol. The number of anilines is 1. The zero-order chi connectivity index (χ0) is 19.2. The second-order valence-corrected chi connectivity index (χ2v) is 7.86. The summed E-state index contributed by atoms with van der Waals surface area (Å²) in [5, 5.41) is 7.86. The molecule has 2 heterocycles. The van der Waals surface area contributed by atoms with Crippen molar-refractivity contribution in [1.82, 2.24) is 9.88 Å². The van der Waals surface area contributed by atoms with E-state index in [2.05, 4.69) is 42.8 Å². The van der Waals surface area contributed by atoms with Crippen molar-refractivity contribution in [3.05, 3.63) is 66.4 Å². The number of nitrogens with zero attached hydrogens (tertiary/aromatic N) is 3. The lowest BCUT2D eigenvalue weighted by molar-refractivity contribution is -0.112. The minimum atomic E-state index is -0.281. The molecule has 0 aliphatic carbocycles. The molecule has 0 saturated heterocycles. The molecule has 0 radical (unpaired) electrons. The lowest BCUT2D eigenvalue weighted by atomic mass is 10.0. The molecule has 1 aliphatic rings. The van der Waals surface area contributed by atoms with E-state index in [4.69, 9.17) is 5.10 Å². The number of amidine groups is 1. The molecule has 27 heavy (non-hydrogen) atoms. The Balaban J connectivity index is 1.94. The topological polar surface area (TPSA) is 51.7 Å². The molecule has 0 spiro atoms. The molecule has 0 saturated carbocycles. The maximum Gasteiger partial charge on any atom is 0.196 e. The number of aromatic nitrogens is 1. The number of aromatic amines is 1. The Morgan fingerprint density at radius 1 is 1.04 bits per heavy atom. The van der Waals surface area contributed by atoms with E-state index in [0.717, 1.165) is 22.2 Å². The van der Waals surface area contributed by atoms with Crippen LogP contribution >= 0.6 is 0 Å². The molecule has 2 aromatic carbocycles. The molecule has 1 atom stereocenters. The number of carbonyl (C=O) groups excluding carboxylic acids is 1. The lowest BCUT2D eigenvalue weighted by Gasteiger charge is -2.40. The van der Waals surface area contributed by atoms with E-state index in [1.54, 1.807) is 6.92 Å². The fraction of sp³-hybridized carbons (Fsp3) is 0.273. The van der Waals surface area contributed by atoms with Crippen LogP contribution in [0, 0.1) is 0 Å². The standard InChI is InChI=1S/C22H24N4O/c1-15(27)20-24-26(16-10-6-5-7-11-16)21(25(20)22(2,3)4)18-14-23-19-13-9-8-12-17(18)19/h5-14,21,23H,1-4H3/t21-/m0/s1. The molecule has 5 heteroatoms. The van der Waals surface area contributed by atoms with Gasteiger partial charge < -0.3 is 9.88 Å². The summed E-state index contributed by atoms with van der Waals surface area (Å²) in [5.74, 6) is 0.454. The van der Waals surface area contributed by atoms with Crippen LogP contribution in [0.15, 0.2) is 65.9 Å². The summed E-state index contributed by atoms with van der Waals surface area (Å²) >= 11 is 0. The zero-order valence-corrected chi connectivity index (χ0v) is 16.1. The molecule has 0 amide bonds. The van der Waals surface area contributed by atoms with E-state index in [1.165, 1.54) is 0 Å². The second kappa shape index (κ2) is 6.27. The third-order valence-electron chi connectivity index (χ3n) is 4.86. The smallest absolute Gasteiger partial charge is 0.196 e. The monoisotopic (exact) mass is 360 g/mol. The van der Waals surface area contributed by atoms with Gasteiger partial charge in [-0.05, 0) is 39.0 Å². The highest BCUT2D eigenvalue weighted by atomic mass is 16.1. The van der Waals surface area contributed by atoms with E-state index < -0.39 is 0 Å². The number of benzene rings is 2. The summed E-state index contributed by atoms with van der Waals surface area (Å²) < 4.78 is 0. The van der Waals surface area contributed by atoms with Gasteiger partial charge in [0.05, 0.1) is 5.69 Å². The van der Waals surface area contributed by atoms with Crippen molar-refractivity contribution >= 4 is 28.2 Å². The third kappa shape index (κ3) is 2.89. The van der Waals surface area contributed by atoms with Crippen LogP contribution in [-0.2, 0) is 4.79 Å². The van der Waals surface area contributed by atoms with Gasteiger partial charge in [0, 0.05) is 35.1 Å². The number of hydrogen-bond donors (Lipinski definition) is 1. The quantitative estimate of drug-likeness (QED) is 0.737. The molecule has 4 rings (SSSR count). The number of para-hydroxylation sites is 2. The Bertz CT molecular complexity index is 1010. The molecular formula is C22H24N4O. The molecule has 0 fully saturated rings. The molecule has 0 unspecified atom stereocenters. The predicted octanol–water partition coefficient (Wildman–Crippen LogP) is 4.69. The van der Waals surface area contributed by atoms with Gasteiger partial charge in [-0.3, -0.25) is 4.79 Å². The molecule has 1 aliphatic heterocycles. The van der Waals surface area contributed by atoms with Crippen LogP contribution in [0.25, 0.3) is 10.9 Å². The SMILES string of the molecule is CC(=O)C1=NN(c2ccccc2)[C@@H](c2c[nH]c3ccccc23)N1C(C)(C)C. The van der Waals surface area contributed by atoms with Crippen LogP contribution < -0.4 is 5.01 Å². The van der Waals surface area contributed by atoms with Crippen molar-refractivity contribution in [1.29, 1.82) is 0 Å². The first kappa shape index (κ1) is 17.3. The largest absolute Gasteiger partial charge is 0.361 e. The summed E-state index contributed by atoms with van der Waals surface area (Å²) in [5.41, 5.74) is 2.85. The maximum absolute atomic E-state index is 12.5. The molecule has 3 aromatic rings. The van der Waals surface area contributed by atoms with E-state index in [-0.39, 0.29) is 17.5 Å². The van der Waals surface area contributed by atoms with E-state index in [9.17, 15) is 4.79 Å². The first-order chi connectivity index (χ1) is 12.9. The molecule has 138 valence electrons. The van der Waals surface area contributed by atoms with Gasteiger partial charge in [0.1, 0.15) is 0 Å². The highest BCUT2D eigenvalue weighted by Crippen LogP contribution is 2.42. The number of H-pyrrole nitrogens is 1. The van der Waals surface area contributed by atoms with E-state index in [0.29, 0.717) is 5.84 Å². The fourth-order valence-electron chi connectivity index (χ4n) is 3.71. The third-order valence-corrected chi connectivity index (χ3v) is 4.86. The first-order valence-corrected chi connectivity index (χ1v) is 9.17. The Hall–Kier alpha value is -3.08. The molecule has 0 bridgehead atoms. The second-order valence-electron chi connectivity index (χ2n) is 7.86. The highest BCUT2D eigenvalue weighted by molar-refractivity contribution is 6.38. The van der Waals surface area contributed by atoms with Crippen LogP contribution in [0.1, 0.15) is 39.4 Å². The summed E-state index contributed by atoms with van der Waals surface area (Å²) in [6.45, 7) is 7.92. The van der Waals surface area contributed by atoms with Gasteiger partial charge in [0.15, 0.2) is 17.8 Å². The van der Waals surface area contributed by atoms with Crippen molar-refractivity contribution in [2.24, 2.45) is 5.10 Å². The van der Waals surface area contributed by atoms with E-state index in [1.807, 2.05) is 53.7 Å². The first-order valence-electron chi connectivity index (χ1n) is 9.17. The number of rotatable bonds is 3. The van der Waals surface area contributed by atoms with Gasteiger partial charge in [-0.2, -0.15) is 0 Å². The van der Waals surface area contributed by atoms with Gasteiger partial charge in [0.25, 0.3) is 0 Å². The van der Waals surface area contributed by atoms with Crippen molar-refractivity contribution < 1.29 is 4.79 Å². The fourth-order valence-corrected chi connectivity index (χ4v) is 3.71. The van der Waals surface area contributed by atoms with E-state index >= 15 is 0 Å². The minimum absolute atomic E-state index is 0.0341. The van der Waals surface area contributed by atoms with Gasteiger partial charge in [-0.15, -0.1) is 5.10 Å². The van der Waals surface area contributed by atoms with Crippen molar-refractivity contribution in [3.8, 4) is 0 Å². The van der Waals surface area contributed by atoms with Gasteiger partial charge in [0.2, 0.25) is 0 Å². The zero-order valence-electron chi connectivity index (χ0n) is 16.1.